The van der Waals surface area contributed by atoms with Gasteiger partial charge in [-0.2, -0.15) is 0 Å². The van der Waals surface area contributed by atoms with Gasteiger partial charge in [0.2, 0.25) is 5.91 Å². The van der Waals surface area contributed by atoms with Gasteiger partial charge in [-0.25, -0.2) is 9.38 Å². The molecule has 6 rings (SSSR count). The SMILES string of the molecule is O=C([C@@H]1CCNC[C@H]1c1ccccc1)N1CCC(O)(CN2C=c3ccn(-c4ccc(F)cc4)c3=NC2)CC1. The minimum atomic E-state index is -0.868. The quantitative estimate of drug-likeness (QED) is 0.545. The number of aromatic nitrogens is 1. The Morgan fingerprint density at radius 2 is 1.84 bits per heavy atom. The number of β-amino-alcohol motifs (C(OH)–C–C–N with tert-alkyl or cyclic N) is 1. The van der Waals surface area contributed by atoms with E-state index in [1.807, 2.05) is 51.0 Å². The second-order valence-corrected chi connectivity index (χ2v) is 10.8. The van der Waals surface area contributed by atoms with Crippen molar-refractivity contribution in [2.45, 2.75) is 30.8 Å². The second kappa shape index (κ2) is 10.3. The van der Waals surface area contributed by atoms with E-state index < -0.39 is 5.60 Å². The molecule has 2 atom stereocenters. The highest BCUT2D eigenvalue weighted by molar-refractivity contribution is 5.80. The molecule has 0 unspecified atom stereocenters. The lowest BCUT2D eigenvalue weighted by atomic mass is 9.80. The highest BCUT2D eigenvalue weighted by atomic mass is 19.1. The minimum Gasteiger partial charge on any atom is -0.388 e. The summed E-state index contributed by atoms with van der Waals surface area (Å²) in [7, 11) is 0. The third-order valence-electron chi connectivity index (χ3n) is 8.25. The molecule has 0 bridgehead atoms. The summed E-state index contributed by atoms with van der Waals surface area (Å²) in [5.74, 6) is 0.104. The fraction of sp³-hybridized carbons (Fsp3) is 0.400. The zero-order valence-electron chi connectivity index (χ0n) is 21.5. The number of piperidine rings is 2. The largest absolute Gasteiger partial charge is 0.388 e. The summed E-state index contributed by atoms with van der Waals surface area (Å²) in [4.78, 5) is 22.3. The van der Waals surface area contributed by atoms with Crippen molar-refractivity contribution in [3.63, 3.8) is 0 Å². The number of halogens is 1. The van der Waals surface area contributed by atoms with E-state index >= 15 is 0 Å². The predicted molar refractivity (Wildman–Crippen MR) is 143 cm³/mol. The van der Waals surface area contributed by atoms with Gasteiger partial charge in [0.05, 0.1) is 5.60 Å². The van der Waals surface area contributed by atoms with E-state index in [1.54, 1.807) is 12.1 Å². The molecule has 2 saturated heterocycles. The first-order chi connectivity index (χ1) is 18.5. The van der Waals surface area contributed by atoms with Crippen LogP contribution in [0.2, 0.25) is 0 Å². The van der Waals surface area contributed by atoms with Gasteiger partial charge in [0.15, 0.2) is 0 Å². The molecule has 38 heavy (non-hydrogen) atoms. The van der Waals surface area contributed by atoms with Gasteiger partial charge in [-0.3, -0.25) is 4.79 Å². The van der Waals surface area contributed by atoms with Crippen molar-refractivity contribution in [2.75, 3.05) is 39.4 Å². The molecule has 1 amide bonds. The van der Waals surface area contributed by atoms with Gasteiger partial charge in [-0.1, -0.05) is 30.3 Å². The molecule has 2 fully saturated rings. The highest BCUT2D eigenvalue weighted by Gasteiger charge is 2.39. The molecule has 0 spiro atoms. The maximum Gasteiger partial charge on any atom is 0.226 e. The lowest BCUT2D eigenvalue weighted by Crippen LogP contribution is -2.54. The zero-order valence-corrected chi connectivity index (χ0v) is 21.5. The number of amides is 1. The van der Waals surface area contributed by atoms with E-state index in [9.17, 15) is 14.3 Å². The Morgan fingerprint density at radius 1 is 1.08 bits per heavy atom. The summed E-state index contributed by atoms with van der Waals surface area (Å²) >= 11 is 0. The van der Waals surface area contributed by atoms with Gasteiger partial charge in [0.25, 0.3) is 0 Å². The Labute approximate surface area is 221 Å². The molecule has 8 heteroatoms. The van der Waals surface area contributed by atoms with Crippen molar-refractivity contribution in [3.8, 4) is 5.69 Å². The predicted octanol–water partition coefficient (Wildman–Crippen LogP) is 1.99. The topological polar surface area (TPSA) is 73.1 Å². The molecule has 1 aromatic heterocycles. The van der Waals surface area contributed by atoms with E-state index in [0.717, 1.165) is 35.9 Å². The molecule has 0 saturated carbocycles. The molecular weight excluding hydrogens is 481 g/mol. The minimum absolute atomic E-state index is 0.0253. The van der Waals surface area contributed by atoms with Crippen LogP contribution >= 0.6 is 0 Å². The normalized spacial score (nSPS) is 22.8. The molecule has 3 aliphatic heterocycles. The zero-order chi connectivity index (χ0) is 26.1. The number of hydrogen-bond donors (Lipinski definition) is 2. The van der Waals surface area contributed by atoms with Crippen LogP contribution in [-0.2, 0) is 4.79 Å². The van der Waals surface area contributed by atoms with E-state index in [4.69, 9.17) is 4.99 Å². The lowest BCUT2D eigenvalue weighted by molar-refractivity contribution is -0.141. The van der Waals surface area contributed by atoms with E-state index in [1.165, 1.54) is 17.7 Å². The number of nitrogens with zero attached hydrogens (tertiary/aromatic N) is 4. The van der Waals surface area contributed by atoms with Gasteiger partial charge >= 0.3 is 0 Å². The van der Waals surface area contributed by atoms with Gasteiger partial charge < -0.3 is 24.8 Å². The summed E-state index contributed by atoms with van der Waals surface area (Å²) in [6, 6.07) is 18.7. The van der Waals surface area contributed by atoms with Gasteiger partial charge in [-0.15, -0.1) is 0 Å². The first-order valence-electron chi connectivity index (χ1n) is 13.5. The molecule has 198 valence electrons. The van der Waals surface area contributed by atoms with Crippen LogP contribution < -0.4 is 16.0 Å². The first-order valence-corrected chi connectivity index (χ1v) is 13.5. The van der Waals surface area contributed by atoms with Crippen LogP contribution in [0.3, 0.4) is 0 Å². The lowest BCUT2D eigenvalue weighted by Gasteiger charge is -2.43. The molecular formula is C30H34FN5O2. The highest BCUT2D eigenvalue weighted by Crippen LogP contribution is 2.33. The average Bonchev–Trinajstić information content (AvgIpc) is 3.37. The third kappa shape index (κ3) is 4.98. The average molecular weight is 516 g/mol. The molecule has 2 aromatic carbocycles. The summed E-state index contributed by atoms with van der Waals surface area (Å²) < 4.78 is 15.3. The van der Waals surface area contributed by atoms with Gasteiger partial charge in [0.1, 0.15) is 18.0 Å². The van der Waals surface area contributed by atoms with Crippen molar-refractivity contribution in [1.29, 1.82) is 0 Å². The Balaban J connectivity index is 1.10. The fourth-order valence-electron chi connectivity index (χ4n) is 6.13. The molecule has 7 nitrogen and oxygen atoms in total. The van der Waals surface area contributed by atoms with Gasteiger partial charge in [-0.05, 0) is 61.7 Å². The van der Waals surface area contributed by atoms with Crippen molar-refractivity contribution in [1.82, 2.24) is 19.7 Å². The second-order valence-electron chi connectivity index (χ2n) is 10.8. The van der Waals surface area contributed by atoms with Crippen molar-refractivity contribution in [2.24, 2.45) is 10.9 Å². The summed E-state index contributed by atoms with van der Waals surface area (Å²) in [6.45, 7) is 3.72. The van der Waals surface area contributed by atoms with Crippen LogP contribution in [0.25, 0.3) is 11.9 Å². The smallest absolute Gasteiger partial charge is 0.226 e. The molecule has 3 aromatic rings. The van der Waals surface area contributed by atoms with Crippen LogP contribution in [0.4, 0.5) is 4.39 Å². The van der Waals surface area contributed by atoms with Crippen molar-refractivity contribution >= 4 is 12.1 Å². The molecule has 4 heterocycles. The number of carbonyl (C=O) groups excluding carboxylic acids is 1. The molecule has 3 aliphatic rings. The molecule has 0 aliphatic carbocycles. The number of benzene rings is 2. The number of fused-ring (bicyclic) bond motifs is 1. The maximum absolute atomic E-state index is 13.6. The van der Waals surface area contributed by atoms with E-state index in [2.05, 4.69) is 17.4 Å². The van der Waals surface area contributed by atoms with Crippen LogP contribution in [0.5, 0.6) is 0 Å². The summed E-state index contributed by atoms with van der Waals surface area (Å²) in [5.41, 5.74) is 2.03. The Hall–Kier alpha value is -3.49. The summed E-state index contributed by atoms with van der Waals surface area (Å²) in [5, 5.41) is 15.9. The number of hydrogen-bond acceptors (Lipinski definition) is 5. The summed E-state index contributed by atoms with van der Waals surface area (Å²) in [6.07, 6.45) is 5.91. The van der Waals surface area contributed by atoms with Gasteiger partial charge in [0, 0.05) is 61.3 Å². The number of likely N-dealkylation sites (tertiary alicyclic amines) is 1. The third-order valence-corrected chi connectivity index (χ3v) is 8.25. The van der Waals surface area contributed by atoms with Crippen molar-refractivity contribution in [3.05, 3.63) is 88.9 Å². The molecule has 2 N–H and O–H groups in total. The van der Waals surface area contributed by atoms with E-state index in [-0.39, 0.29) is 23.6 Å². The maximum atomic E-state index is 13.6. The van der Waals surface area contributed by atoms with Crippen LogP contribution in [-0.4, -0.2) is 70.4 Å². The number of aliphatic hydroxyl groups is 1. The standard InChI is InChI=1S/C30H34FN5O2/c31-24-6-8-25(9-7-24)36-15-11-23-19-34(21-33-28(23)36)20-30(38)12-16-35(17-13-30)29(37)26-10-14-32-18-27(26)22-4-2-1-3-5-22/h1-9,11,15,19,26-27,32,38H,10,12-14,16-18,20-21H2/t26-,27+/m1/s1. The Kier molecular flexibility index (Phi) is 6.76. The Bertz CT molecular complexity index is 1400. The van der Waals surface area contributed by atoms with Crippen LogP contribution in [0, 0.1) is 11.7 Å². The number of nitrogens with one attached hydrogen (secondary N) is 1. The fourth-order valence-corrected chi connectivity index (χ4v) is 6.13. The van der Waals surface area contributed by atoms with Crippen molar-refractivity contribution < 1.29 is 14.3 Å². The van der Waals surface area contributed by atoms with Crippen LogP contribution in [0.1, 0.15) is 30.7 Å². The number of rotatable bonds is 5. The first kappa shape index (κ1) is 24.8. The monoisotopic (exact) mass is 515 g/mol. The Morgan fingerprint density at radius 3 is 2.61 bits per heavy atom. The molecule has 0 radical (unpaired) electrons. The van der Waals surface area contributed by atoms with Crippen LogP contribution in [0.15, 0.2) is 71.9 Å². The number of carbonyl (C=O) groups is 1. The van der Waals surface area contributed by atoms with E-state index in [0.29, 0.717) is 39.1 Å².